The molecule has 0 unspecified atom stereocenters. The number of rotatable bonds is 5. The largest absolute Gasteiger partial charge is 0.493 e. The van der Waals surface area contributed by atoms with Crippen molar-refractivity contribution in [1.82, 2.24) is 14.5 Å². The van der Waals surface area contributed by atoms with Gasteiger partial charge in [0.1, 0.15) is 0 Å². The molecule has 7 heteroatoms. The molecule has 0 amide bonds. The van der Waals surface area contributed by atoms with Gasteiger partial charge in [-0.25, -0.2) is 9.97 Å². The van der Waals surface area contributed by atoms with E-state index in [0.29, 0.717) is 28.9 Å². The van der Waals surface area contributed by atoms with E-state index >= 15 is 0 Å². The van der Waals surface area contributed by atoms with Gasteiger partial charge in [0.25, 0.3) is 5.56 Å². The van der Waals surface area contributed by atoms with Crippen LogP contribution in [0.1, 0.15) is 4.88 Å². The number of hydrogen-bond acceptors (Lipinski definition) is 6. The van der Waals surface area contributed by atoms with Gasteiger partial charge in [-0.2, -0.15) is 0 Å². The third-order valence-electron chi connectivity index (χ3n) is 4.33. The van der Waals surface area contributed by atoms with Crippen LogP contribution in [0.5, 0.6) is 11.5 Å². The van der Waals surface area contributed by atoms with Crippen LogP contribution < -0.4 is 15.0 Å². The number of methoxy groups -OCH3 is 2. The molecule has 0 fully saturated rings. The predicted molar refractivity (Wildman–Crippen MR) is 106 cm³/mol. The van der Waals surface area contributed by atoms with Gasteiger partial charge in [-0.05, 0) is 6.07 Å². The quantitative estimate of drug-likeness (QED) is 0.530. The third kappa shape index (κ3) is 3.17. The fourth-order valence-electron chi connectivity index (χ4n) is 2.97. The van der Waals surface area contributed by atoms with Gasteiger partial charge in [-0.15, -0.1) is 11.3 Å². The molecule has 2 aromatic carbocycles. The van der Waals surface area contributed by atoms with Crippen LogP contribution in [-0.4, -0.2) is 28.8 Å². The lowest BCUT2D eigenvalue weighted by Gasteiger charge is -2.10. The molecule has 136 valence electrons. The first-order valence-corrected chi connectivity index (χ1v) is 9.18. The summed E-state index contributed by atoms with van der Waals surface area (Å²) in [6.45, 7) is 0.408. The minimum Gasteiger partial charge on any atom is -0.493 e. The Balaban J connectivity index is 1.77. The average Bonchev–Trinajstić information content (AvgIpc) is 3.18. The summed E-state index contributed by atoms with van der Waals surface area (Å²) in [5.41, 5.74) is 4.15. The summed E-state index contributed by atoms with van der Waals surface area (Å²) in [5, 5.41) is 0.487. The van der Waals surface area contributed by atoms with Crippen LogP contribution in [0, 0.1) is 0 Å². The van der Waals surface area contributed by atoms with Crippen molar-refractivity contribution >= 4 is 22.2 Å². The first-order valence-electron chi connectivity index (χ1n) is 8.30. The molecule has 0 aliphatic carbocycles. The van der Waals surface area contributed by atoms with Crippen molar-refractivity contribution < 1.29 is 9.47 Å². The topological polar surface area (TPSA) is 66.2 Å². The average molecular weight is 379 g/mol. The molecule has 0 N–H and O–H groups in total. The zero-order valence-corrected chi connectivity index (χ0v) is 15.7. The molecule has 4 aromatic rings. The summed E-state index contributed by atoms with van der Waals surface area (Å²) in [4.78, 5) is 22.9. The Morgan fingerprint density at radius 2 is 1.78 bits per heavy atom. The van der Waals surface area contributed by atoms with Crippen molar-refractivity contribution in [3.8, 4) is 22.8 Å². The number of thiazole rings is 1. The van der Waals surface area contributed by atoms with Crippen LogP contribution in [-0.2, 0) is 6.54 Å². The van der Waals surface area contributed by atoms with E-state index in [1.807, 2.05) is 30.3 Å². The number of fused-ring (bicyclic) bond motifs is 1. The molecular weight excluding hydrogens is 362 g/mol. The number of aromatic nitrogens is 3. The smallest absolute Gasteiger partial charge is 0.261 e. The highest BCUT2D eigenvalue weighted by Crippen LogP contribution is 2.30. The van der Waals surface area contributed by atoms with E-state index in [2.05, 4.69) is 9.97 Å². The molecule has 2 aromatic heterocycles. The minimum atomic E-state index is -0.131. The SMILES string of the molecule is COc1cc2ncn(Cc3scnc3-c3ccccc3)c(=O)c2cc1OC. The van der Waals surface area contributed by atoms with Crippen molar-refractivity contribution in [3.05, 3.63) is 69.5 Å². The van der Waals surface area contributed by atoms with Crippen LogP contribution in [0.3, 0.4) is 0 Å². The number of nitrogens with zero attached hydrogens (tertiary/aromatic N) is 3. The monoisotopic (exact) mass is 379 g/mol. The molecule has 0 saturated carbocycles. The standard InChI is InChI=1S/C20H17N3O3S/c1-25-16-8-14-15(9-17(16)26-2)21-11-23(20(14)24)10-18-19(22-12-27-18)13-6-4-3-5-7-13/h3-9,11-12H,10H2,1-2H3. The van der Waals surface area contributed by atoms with Crippen LogP contribution in [0.25, 0.3) is 22.2 Å². The summed E-state index contributed by atoms with van der Waals surface area (Å²) in [7, 11) is 3.10. The fourth-order valence-corrected chi connectivity index (χ4v) is 3.75. The Kier molecular flexibility index (Phi) is 4.60. The highest BCUT2D eigenvalue weighted by Gasteiger charge is 2.14. The maximum atomic E-state index is 13.0. The van der Waals surface area contributed by atoms with Crippen LogP contribution in [0.2, 0.25) is 0 Å². The van der Waals surface area contributed by atoms with E-state index in [0.717, 1.165) is 16.1 Å². The molecule has 6 nitrogen and oxygen atoms in total. The zero-order chi connectivity index (χ0) is 18.8. The van der Waals surface area contributed by atoms with Crippen molar-refractivity contribution in [2.45, 2.75) is 6.54 Å². The molecule has 0 aliphatic rings. The van der Waals surface area contributed by atoms with E-state index in [1.165, 1.54) is 11.3 Å². The normalized spacial score (nSPS) is 10.9. The van der Waals surface area contributed by atoms with Gasteiger partial charge < -0.3 is 9.47 Å². The highest BCUT2D eigenvalue weighted by molar-refractivity contribution is 7.10. The first-order chi connectivity index (χ1) is 13.2. The van der Waals surface area contributed by atoms with Gasteiger partial charge in [0, 0.05) is 11.6 Å². The Labute approximate surface area is 159 Å². The molecule has 0 bridgehead atoms. The highest BCUT2D eigenvalue weighted by atomic mass is 32.1. The van der Waals surface area contributed by atoms with Gasteiger partial charge in [0.2, 0.25) is 0 Å². The van der Waals surface area contributed by atoms with Gasteiger partial charge in [-0.1, -0.05) is 30.3 Å². The van der Waals surface area contributed by atoms with E-state index in [4.69, 9.17) is 9.47 Å². The molecular formula is C20H17N3O3S. The second-order valence-electron chi connectivity index (χ2n) is 5.89. The van der Waals surface area contributed by atoms with E-state index in [9.17, 15) is 4.79 Å². The van der Waals surface area contributed by atoms with Crippen LogP contribution in [0.4, 0.5) is 0 Å². The molecule has 0 radical (unpaired) electrons. The summed E-state index contributed by atoms with van der Waals surface area (Å²) in [5.74, 6) is 1.05. The summed E-state index contributed by atoms with van der Waals surface area (Å²) in [6, 6.07) is 13.3. The van der Waals surface area contributed by atoms with Gasteiger partial charge in [-0.3, -0.25) is 9.36 Å². The molecule has 27 heavy (non-hydrogen) atoms. The Bertz CT molecular complexity index is 1150. The van der Waals surface area contributed by atoms with Crippen LogP contribution >= 0.6 is 11.3 Å². The van der Waals surface area contributed by atoms with Gasteiger partial charge in [0.05, 0.1) is 54.1 Å². The summed E-state index contributed by atoms with van der Waals surface area (Å²) < 4.78 is 12.2. The van der Waals surface area contributed by atoms with E-state index in [-0.39, 0.29) is 5.56 Å². The second kappa shape index (κ2) is 7.20. The van der Waals surface area contributed by atoms with Gasteiger partial charge in [0.15, 0.2) is 11.5 Å². The maximum Gasteiger partial charge on any atom is 0.261 e. The van der Waals surface area contributed by atoms with Crippen molar-refractivity contribution in [2.24, 2.45) is 0 Å². The summed E-state index contributed by atoms with van der Waals surface area (Å²) in [6.07, 6.45) is 1.56. The zero-order valence-electron chi connectivity index (χ0n) is 14.9. The molecule has 4 rings (SSSR count). The number of ether oxygens (including phenoxy) is 2. The van der Waals surface area contributed by atoms with Crippen molar-refractivity contribution in [1.29, 1.82) is 0 Å². The Hall–Kier alpha value is -3.19. The predicted octanol–water partition coefficient (Wildman–Crippen LogP) is 3.59. The van der Waals surface area contributed by atoms with Crippen molar-refractivity contribution in [3.63, 3.8) is 0 Å². The Morgan fingerprint density at radius 3 is 2.52 bits per heavy atom. The molecule has 0 saturated heterocycles. The third-order valence-corrected chi connectivity index (χ3v) is 5.15. The Morgan fingerprint density at radius 1 is 1.04 bits per heavy atom. The molecule has 0 spiro atoms. The van der Waals surface area contributed by atoms with Crippen LogP contribution in [0.15, 0.2) is 59.1 Å². The lowest BCUT2D eigenvalue weighted by Crippen LogP contribution is -2.21. The first kappa shape index (κ1) is 17.2. The number of hydrogen-bond donors (Lipinski definition) is 0. The van der Waals surface area contributed by atoms with Gasteiger partial charge >= 0.3 is 0 Å². The lowest BCUT2D eigenvalue weighted by atomic mass is 10.1. The molecule has 0 atom stereocenters. The lowest BCUT2D eigenvalue weighted by molar-refractivity contribution is 0.355. The maximum absolute atomic E-state index is 13.0. The van der Waals surface area contributed by atoms with Crippen molar-refractivity contribution in [2.75, 3.05) is 14.2 Å². The molecule has 2 heterocycles. The molecule has 0 aliphatic heterocycles. The fraction of sp³-hybridized carbons (Fsp3) is 0.150. The van der Waals surface area contributed by atoms with E-state index in [1.54, 1.807) is 42.8 Å². The summed E-state index contributed by atoms with van der Waals surface area (Å²) >= 11 is 1.52. The second-order valence-corrected chi connectivity index (χ2v) is 6.83. The number of benzene rings is 2. The minimum absolute atomic E-state index is 0.131. The van der Waals surface area contributed by atoms with E-state index < -0.39 is 0 Å².